The number of fused-ring (bicyclic) bond motifs is 2. The van der Waals surface area contributed by atoms with E-state index in [-0.39, 0.29) is 29.3 Å². The molecule has 9 nitrogen and oxygen atoms in total. The van der Waals surface area contributed by atoms with Gasteiger partial charge in [0.1, 0.15) is 29.6 Å². The quantitative estimate of drug-likeness (QED) is 0.140. The molecular formula is C38H27F7N6O3. The van der Waals surface area contributed by atoms with Crippen LogP contribution in [0.3, 0.4) is 0 Å². The van der Waals surface area contributed by atoms with Crippen molar-refractivity contribution in [3.63, 3.8) is 0 Å². The standard InChI is InChI=1S/C38H27F7N6O3/c1-54-32-9-3-20(17-46-32)2-6-26-7-8-27(22-4-5-23-18-47-36(53)29(23)15-22)33(48-26)30(14-21-12-24(39)16-25(40)13-21)49-31(52)19-51-35-28(10-11-37(35,41)42)34(50-51)38(43,44)45/h3-5,7-9,12-13,15-17,30H,10-11,14,18-19H2,1H3,(H,47,53)(H,49,52)/t30-/m0/s1. The second-order valence-corrected chi connectivity index (χ2v) is 12.7. The molecule has 0 radical (unpaired) electrons. The van der Waals surface area contributed by atoms with E-state index < -0.39 is 72.0 Å². The maximum absolute atomic E-state index is 14.9. The van der Waals surface area contributed by atoms with Crippen LogP contribution in [0.5, 0.6) is 5.88 Å². The molecule has 2 aromatic carbocycles. The number of methoxy groups -OCH3 is 1. The zero-order valence-electron chi connectivity index (χ0n) is 28.1. The number of carbonyl (C=O) groups is 2. The number of nitrogens with zero attached hydrogens (tertiary/aromatic N) is 4. The highest BCUT2D eigenvalue weighted by atomic mass is 19.4. The summed E-state index contributed by atoms with van der Waals surface area (Å²) in [7, 11) is 1.46. The maximum atomic E-state index is 14.9. The van der Waals surface area contributed by atoms with Crippen LogP contribution in [0.1, 0.15) is 67.9 Å². The Hall–Kier alpha value is -6.24. The van der Waals surface area contributed by atoms with Crippen LogP contribution in [-0.4, -0.2) is 38.7 Å². The van der Waals surface area contributed by atoms with Crippen molar-refractivity contribution in [3.8, 4) is 28.8 Å². The Bertz CT molecular complexity index is 2340. The summed E-state index contributed by atoms with van der Waals surface area (Å²) in [5.74, 6) is -0.695. The van der Waals surface area contributed by atoms with E-state index in [1.807, 2.05) is 0 Å². The van der Waals surface area contributed by atoms with E-state index >= 15 is 0 Å². The van der Waals surface area contributed by atoms with Crippen molar-refractivity contribution in [1.29, 1.82) is 0 Å². The van der Waals surface area contributed by atoms with Gasteiger partial charge in [-0.05, 0) is 71.9 Å². The molecule has 5 aromatic rings. The Morgan fingerprint density at radius 3 is 2.52 bits per heavy atom. The molecule has 1 aliphatic heterocycles. The van der Waals surface area contributed by atoms with Crippen LogP contribution < -0.4 is 15.4 Å². The summed E-state index contributed by atoms with van der Waals surface area (Å²) < 4.78 is 105. The predicted octanol–water partition coefficient (Wildman–Crippen LogP) is 6.43. The third kappa shape index (κ3) is 7.34. The van der Waals surface area contributed by atoms with E-state index in [0.29, 0.717) is 45.4 Å². The summed E-state index contributed by atoms with van der Waals surface area (Å²) in [6.07, 6.45) is -5.36. The van der Waals surface area contributed by atoms with Crippen molar-refractivity contribution >= 4 is 11.8 Å². The minimum atomic E-state index is -5.05. The molecule has 2 amide bonds. The zero-order valence-corrected chi connectivity index (χ0v) is 28.1. The van der Waals surface area contributed by atoms with Gasteiger partial charge in [0.05, 0.1) is 18.8 Å². The molecule has 2 N–H and O–H groups in total. The third-order valence-corrected chi connectivity index (χ3v) is 8.99. The first kappa shape index (κ1) is 36.1. The van der Waals surface area contributed by atoms with Crippen LogP contribution >= 0.6 is 0 Å². The number of carbonyl (C=O) groups excluding carboxylic acids is 2. The summed E-state index contributed by atoms with van der Waals surface area (Å²) in [6, 6.07) is 12.9. The molecule has 16 heteroatoms. The highest BCUT2D eigenvalue weighted by Crippen LogP contribution is 2.46. The predicted molar refractivity (Wildman–Crippen MR) is 178 cm³/mol. The SMILES string of the molecule is COc1ccc(C#Cc2ccc(-c3ccc4c(c3)C(=O)NC4)c([C@H](Cc3cc(F)cc(F)c3)NC(=O)Cn3nc(C(F)(F)F)c4c3C(F)(F)CC4)n2)cn1. The number of halogens is 7. The number of pyridine rings is 2. The molecule has 0 saturated carbocycles. The van der Waals surface area contributed by atoms with Crippen molar-refractivity contribution in [3.05, 3.63) is 129 Å². The van der Waals surface area contributed by atoms with Crippen LogP contribution in [0, 0.1) is 23.5 Å². The van der Waals surface area contributed by atoms with E-state index in [2.05, 4.69) is 32.6 Å². The molecule has 0 fully saturated rings. The van der Waals surface area contributed by atoms with Crippen molar-refractivity contribution in [2.45, 2.75) is 50.5 Å². The lowest BCUT2D eigenvalue weighted by Gasteiger charge is -2.23. The Kier molecular flexibility index (Phi) is 9.34. The first-order valence-corrected chi connectivity index (χ1v) is 16.4. The van der Waals surface area contributed by atoms with E-state index in [9.17, 15) is 40.3 Å². The smallest absolute Gasteiger partial charge is 0.435 e. The lowest BCUT2D eigenvalue weighted by molar-refractivity contribution is -0.142. The largest absolute Gasteiger partial charge is 0.481 e. The van der Waals surface area contributed by atoms with Crippen LogP contribution in [0.25, 0.3) is 11.1 Å². The fourth-order valence-corrected chi connectivity index (χ4v) is 6.59. The number of hydrogen-bond donors (Lipinski definition) is 2. The molecule has 0 unspecified atom stereocenters. The summed E-state index contributed by atoms with van der Waals surface area (Å²) in [5.41, 5.74) is -0.419. The van der Waals surface area contributed by atoms with Crippen LogP contribution in [-0.2, 0) is 42.8 Å². The Balaban J connectivity index is 1.32. The molecule has 3 aromatic heterocycles. The molecule has 276 valence electrons. The number of alkyl halides is 5. The first-order valence-electron chi connectivity index (χ1n) is 16.4. The molecule has 1 atom stereocenters. The molecule has 7 rings (SSSR count). The van der Waals surface area contributed by atoms with Gasteiger partial charge in [-0.2, -0.15) is 27.1 Å². The molecule has 1 aliphatic carbocycles. The third-order valence-electron chi connectivity index (χ3n) is 8.99. The summed E-state index contributed by atoms with van der Waals surface area (Å²) in [5, 5.41) is 8.74. The van der Waals surface area contributed by atoms with Crippen LogP contribution in [0.15, 0.2) is 66.9 Å². The van der Waals surface area contributed by atoms with Gasteiger partial charge >= 0.3 is 6.18 Å². The molecular weight excluding hydrogens is 721 g/mol. The minimum Gasteiger partial charge on any atom is -0.481 e. The van der Waals surface area contributed by atoms with Gasteiger partial charge in [0.25, 0.3) is 11.8 Å². The van der Waals surface area contributed by atoms with Gasteiger partial charge in [-0.15, -0.1) is 0 Å². The molecule has 0 bridgehead atoms. The fourth-order valence-electron chi connectivity index (χ4n) is 6.59. The van der Waals surface area contributed by atoms with Crippen molar-refractivity contribution in [2.24, 2.45) is 0 Å². The van der Waals surface area contributed by atoms with Gasteiger partial charge in [0.15, 0.2) is 5.69 Å². The normalized spacial score (nSPS) is 14.8. The Morgan fingerprint density at radius 1 is 1.04 bits per heavy atom. The monoisotopic (exact) mass is 748 g/mol. The maximum Gasteiger partial charge on any atom is 0.435 e. The van der Waals surface area contributed by atoms with E-state index in [1.54, 1.807) is 42.5 Å². The van der Waals surface area contributed by atoms with Gasteiger partial charge in [0.2, 0.25) is 11.8 Å². The molecule has 54 heavy (non-hydrogen) atoms. The summed E-state index contributed by atoms with van der Waals surface area (Å²) in [4.78, 5) is 35.1. The topological polar surface area (TPSA) is 111 Å². The second-order valence-electron chi connectivity index (χ2n) is 12.7. The zero-order chi connectivity index (χ0) is 38.4. The van der Waals surface area contributed by atoms with Gasteiger partial charge in [0, 0.05) is 53.5 Å². The molecule has 2 aliphatic rings. The number of aromatic nitrogens is 4. The second kappa shape index (κ2) is 14.0. The summed E-state index contributed by atoms with van der Waals surface area (Å²) >= 11 is 0. The van der Waals surface area contributed by atoms with Gasteiger partial charge in [-0.25, -0.2) is 18.7 Å². The number of rotatable bonds is 8. The summed E-state index contributed by atoms with van der Waals surface area (Å²) in [6.45, 7) is -0.731. The molecule has 0 spiro atoms. The van der Waals surface area contributed by atoms with Gasteiger partial charge in [-0.3, -0.25) is 14.3 Å². The number of benzene rings is 2. The van der Waals surface area contributed by atoms with Crippen molar-refractivity contribution in [1.82, 2.24) is 30.4 Å². The highest BCUT2D eigenvalue weighted by Gasteiger charge is 2.50. The Morgan fingerprint density at radius 2 is 1.81 bits per heavy atom. The lowest BCUT2D eigenvalue weighted by atomic mass is 9.93. The average molecular weight is 749 g/mol. The van der Waals surface area contributed by atoms with Gasteiger partial charge < -0.3 is 15.4 Å². The van der Waals surface area contributed by atoms with E-state index in [4.69, 9.17) is 9.72 Å². The Labute approximate surface area is 302 Å². The lowest BCUT2D eigenvalue weighted by Crippen LogP contribution is -2.35. The molecule has 0 saturated heterocycles. The number of amides is 2. The number of nitrogens with one attached hydrogen (secondary N) is 2. The van der Waals surface area contributed by atoms with Gasteiger partial charge in [-0.1, -0.05) is 18.1 Å². The minimum absolute atomic E-state index is 0.0607. The van der Waals surface area contributed by atoms with E-state index in [0.717, 1.165) is 17.7 Å². The number of hydrogen-bond acceptors (Lipinski definition) is 6. The molecule has 4 heterocycles. The highest BCUT2D eigenvalue weighted by molar-refractivity contribution is 5.99. The van der Waals surface area contributed by atoms with Crippen LogP contribution in [0.2, 0.25) is 0 Å². The first-order chi connectivity index (χ1) is 25.7. The van der Waals surface area contributed by atoms with Crippen molar-refractivity contribution in [2.75, 3.05) is 7.11 Å². The number of ether oxygens (including phenoxy) is 1. The van der Waals surface area contributed by atoms with Crippen LogP contribution in [0.4, 0.5) is 30.7 Å². The van der Waals surface area contributed by atoms with E-state index in [1.165, 1.54) is 13.3 Å². The van der Waals surface area contributed by atoms with Crippen molar-refractivity contribution < 1.29 is 45.1 Å². The fraction of sp³-hybridized carbons (Fsp3) is 0.237. The average Bonchev–Trinajstić information content (AvgIpc) is 3.79.